The van der Waals surface area contributed by atoms with Crippen LogP contribution in [0.2, 0.25) is 10.0 Å². The van der Waals surface area contributed by atoms with Crippen LogP contribution in [0.25, 0.3) is 0 Å². The molecule has 0 radical (unpaired) electrons. The number of carbonyl (C=O) groups is 1. The van der Waals surface area contributed by atoms with Crippen molar-refractivity contribution >= 4 is 56.9 Å². The molecule has 1 amide bonds. The van der Waals surface area contributed by atoms with Gasteiger partial charge in [0.15, 0.2) is 5.13 Å². The predicted molar refractivity (Wildman–Crippen MR) is 98.0 cm³/mol. The van der Waals surface area contributed by atoms with E-state index in [0.717, 1.165) is 15.3 Å². The third-order valence-corrected chi connectivity index (χ3v) is 5.76. The largest absolute Gasteiger partial charge is 0.302 e. The van der Waals surface area contributed by atoms with E-state index < -0.39 is 0 Å². The van der Waals surface area contributed by atoms with Crippen molar-refractivity contribution < 1.29 is 4.79 Å². The van der Waals surface area contributed by atoms with Gasteiger partial charge in [0.25, 0.3) is 0 Å². The van der Waals surface area contributed by atoms with Crippen LogP contribution < -0.4 is 5.32 Å². The molecule has 0 unspecified atom stereocenters. The molecule has 0 saturated heterocycles. The van der Waals surface area contributed by atoms with Crippen molar-refractivity contribution in [1.82, 2.24) is 4.98 Å². The Morgan fingerprint density at radius 1 is 1.17 bits per heavy atom. The molecular weight excluding hydrogens is 371 g/mol. The van der Waals surface area contributed by atoms with E-state index in [0.29, 0.717) is 28.0 Å². The maximum absolute atomic E-state index is 12.0. The van der Waals surface area contributed by atoms with Crippen LogP contribution in [0.15, 0.2) is 41.9 Å². The van der Waals surface area contributed by atoms with E-state index in [1.807, 2.05) is 29.6 Å². The molecule has 2 heterocycles. The van der Waals surface area contributed by atoms with Gasteiger partial charge in [-0.15, -0.1) is 22.7 Å². The fourth-order valence-corrected chi connectivity index (χ4v) is 4.00. The fourth-order valence-electron chi connectivity index (χ4n) is 2.05. The van der Waals surface area contributed by atoms with Gasteiger partial charge in [-0.1, -0.05) is 41.4 Å². The average Bonchev–Trinajstić information content (AvgIpc) is 3.16. The van der Waals surface area contributed by atoms with Crippen LogP contribution in [-0.4, -0.2) is 10.9 Å². The Kier molecular flexibility index (Phi) is 5.33. The van der Waals surface area contributed by atoms with Gasteiger partial charge in [-0.25, -0.2) is 4.98 Å². The second-order valence-corrected chi connectivity index (χ2v) is 7.76. The van der Waals surface area contributed by atoms with Crippen LogP contribution >= 0.6 is 45.9 Å². The summed E-state index contributed by atoms with van der Waals surface area (Å²) < 4.78 is 0. The lowest BCUT2D eigenvalue weighted by Crippen LogP contribution is -2.13. The number of rotatable bonds is 5. The van der Waals surface area contributed by atoms with Crippen LogP contribution in [0, 0.1) is 0 Å². The van der Waals surface area contributed by atoms with Crippen molar-refractivity contribution in [1.29, 1.82) is 0 Å². The molecule has 0 aliphatic carbocycles. The highest BCUT2D eigenvalue weighted by atomic mass is 35.5. The van der Waals surface area contributed by atoms with Crippen molar-refractivity contribution in [3.05, 3.63) is 67.3 Å². The molecule has 3 rings (SSSR count). The average molecular weight is 383 g/mol. The lowest BCUT2D eigenvalue weighted by molar-refractivity contribution is -0.115. The molecule has 1 N–H and O–H groups in total. The van der Waals surface area contributed by atoms with Gasteiger partial charge in [-0.05, 0) is 23.1 Å². The lowest BCUT2D eigenvalue weighted by Gasteiger charge is -2.03. The third-order valence-electron chi connectivity index (χ3n) is 3.11. The van der Waals surface area contributed by atoms with Gasteiger partial charge in [0.2, 0.25) is 5.91 Å². The molecule has 118 valence electrons. The smallest absolute Gasteiger partial charge is 0.231 e. The number of benzene rings is 1. The number of aromatic nitrogens is 1. The number of carbonyl (C=O) groups excluding carboxylic acids is 1. The van der Waals surface area contributed by atoms with E-state index >= 15 is 0 Å². The Morgan fingerprint density at radius 2 is 2.04 bits per heavy atom. The molecule has 23 heavy (non-hydrogen) atoms. The first-order valence-electron chi connectivity index (χ1n) is 6.81. The molecule has 3 aromatic rings. The number of anilines is 1. The van der Waals surface area contributed by atoms with Crippen molar-refractivity contribution in [2.75, 3.05) is 5.32 Å². The van der Waals surface area contributed by atoms with Gasteiger partial charge in [-0.2, -0.15) is 0 Å². The van der Waals surface area contributed by atoms with Crippen LogP contribution in [-0.2, 0) is 17.6 Å². The van der Waals surface area contributed by atoms with Crippen LogP contribution in [0.1, 0.15) is 15.3 Å². The number of nitrogens with one attached hydrogen (secondary N) is 1. The van der Waals surface area contributed by atoms with Crippen molar-refractivity contribution in [2.45, 2.75) is 12.8 Å². The van der Waals surface area contributed by atoms with Crippen molar-refractivity contribution in [2.24, 2.45) is 0 Å². The Balaban J connectivity index is 1.64. The van der Waals surface area contributed by atoms with Gasteiger partial charge < -0.3 is 5.32 Å². The Labute approximate surface area is 151 Å². The highest BCUT2D eigenvalue weighted by molar-refractivity contribution is 7.15. The molecule has 0 spiro atoms. The van der Waals surface area contributed by atoms with Crippen LogP contribution in [0.5, 0.6) is 0 Å². The quantitative estimate of drug-likeness (QED) is 0.651. The van der Waals surface area contributed by atoms with Crippen LogP contribution in [0.3, 0.4) is 0 Å². The number of hydrogen-bond acceptors (Lipinski definition) is 4. The van der Waals surface area contributed by atoms with E-state index in [1.165, 1.54) is 11.3 Å². The SMILES string of the molecule is O=C(Cc1cccs1)Nc1ncc(Cc2cccc(Cl)c2Cl)s1. The summed E-state index contributed by atoms with van der Waals surface area (Å²) >= 11 is 15.2. The first kappa shape index (κ1) is 16.5. The first-order valence-corrected chi connectivity index (χ1v) is 9.27. The summed E-state index contributed by atoms with van der Waals surface area (Å²) in [6.45, 7) is 0. The molecule has 0 fully saturated rings. The van der Waals surface area contributed by atoms with Gasteiger partial charge in [0, 0.05) is 22.4 Å². The maximum Gasteiger partial charge on any atom is 0.231 e. The molecular formula is C16H12Cl2N2OS2. The Hall–Kier alpha value is -1.40. The van der Waals surface area contributed by atoms with E-state index in [-0.39, 0.29) is 5.91 Å². The minimum absolute atomic E-state index is 0.0610. The minimum atomic E-state index is -0.0610. The summed E-state index contributed by atoms with van der Waals surface area (Å²) in [5, 5.41) is 6.48. The standard InChI is InChI=1S/C16H12Cl2N2OS2/c17-13-5-1-3-10(15(13)18)7-12-9-19-16(23-12)20-14(21)8-11-4-2-6-22-11/h1-6,9H,7-8H2,(H,19,20,21). The summed E-state index contributed by atoms with van der Waals surface area (Å²) in [7, 11) is 0. The summed E-state index contributed by atoms with van der Waals surface area (Å²) in [5.41, 5.74) is 0.944. The topological polar surface area (TPSA) is 42.0 Å². The van der Waals surface area contributed by atoms with E-state index in [9.17, 15) is 4.79 Å². The molecule has 1 aromatic carbocycles. The lowest BCUT2D eigenvalue weighted by atomic mass is 10.1. The predicted octanol–water partition coefficient (Wildman–Crippen LogP) is 5.28. The Morgan fingerprint density at radius 3 is 2.83 bits per heavy atom. The van der Waals surface area contributed by atoms with Gasteiger partial charge in [-0.3, -0.25) is 4.79 Å². The van der Waals surface area contributed by atoms with Crippen molar-refractivity contribution in [3.8, 4) is 0 Å². The molecule has 3 nitrogen and oxygen atoms in total. The summed E-state index contributed by atoms with van der Waals surface area (Å²) in [6, 6.07) is 9.44. The summed E-state index contributed by atoms with van der Waals surface area (Å²) in [6.07, 6.45) is 2.76. The highest BCUT2D eigenvalue weighted by Crippen LogP contribution is 2.29. The number of thiophene rings is 1. The monoisotopic (exact) mass is 382 g/mol. The zero-order chi connectivity index (χ0) is 16.2. The molecule has 7 heteroatoms. The molecule has 0 bridgehead atoms. The van der Waals surface area contributed by atoms with Crippen LogP contribution in [0.4, 0.5) is 5.13 Å². The second-order valence-electron chi connectivity index (χ2n) is 4.83. The first-order chi connectivity index (χ1) is 11.1. The Bertz CT molecular complexity index is 815. The second kappa shape index (κ2) is 7.45. The molecule has 0 aliphatic heterocycles. The zero-order valence-corrected chi connectivity index (χ0v) is 15.0. The number of nitrogens with zero attached hydrogens (tertiary/aromatic N) is 1. The molecule has 2 aromatic heterocycles. The number of halogens is 2. The number of hydrogen-bond donors (Lipinski definition) is 1. The van der Waals surface area contributed by atoms with Gasteiger partial charge in [0.1, 0.15) is 0 Å². The third kappa shape index (κ3) is 4.32. The van der Waals surface area contributed by atoms with E-state index in [4.69, 9.17) is 23.2 Å². The van der Waals surface area contributed by atoms with E-state index in [2.05, 4.69) is 10.3 Å². The van der Waals surface area contributed by atoms with Crippen molar-refractivity contribution in [3.63, 3.8) is 0 Å². The number of amides is 1. The maximum atomic E-state index is 12.0. The minimum Gasteiger partial charge on any atom is -0.302 e. The fraction of sp³-hybridized carbons (Fsp3) is 0.125. The number of thiazole rings is 1. The van der Waals surface area contributed by atoms with Gasteiger partial charge in [0.05, 0.1) is 16.5 Å². The summed E-state index contributed by atoms with van der Waals surface area (Å²) in [5.74, 6) is -0.0610. The molecule has 0 atom stereocenters. The normalized spacial score (nSPS) is 10.7. The molecule has 0 saturated carbocycles. The highest BCUT2D eigenvalue weighted by Gasteiger charge is 2.10. The summed E-state index contributed by atoms with van der Waals surface area (Å²) in [4.78, 5) is 18.3. The zero-order valence-electron chi connectivity index (χ0n) is 11.9. The van der Waals surface area contributed by atoms with Gasteiger partial charge >= 0.3 is 0 Å². The molecule has 0 aliphatic rings. The van der Waals surface area contributed by atoms with E-state index in [1.54, 1.807) is 23.6 Å².